The normalized spacial score (nSPS) is 25.1. The number of hydrogen-bond donors (Lipinski definition) is 1. The van der Waals surface area contributed by atoms with Gasteiger partial charge in [-0.05, 0) is 30.3 Å². The Balaban J connectivity index is 1.95. The minimum Gasteiger partial charge on any atom is -0.378 e. The average Bonchev–Trinajstić information content (AvgIpc) is 2.87. The Morgan fingerprint density at radius 2 is 2.44 bits per heavy atom. The van der Waals surface area contributed by atoms with E-state index in [0.717, 1.165) is 38.5 Å². The zero-order valence-corrected chi connectivity index (χ0v) is 9.89. The predicted octanol–water partition coefficient (Wildman–Crippen LogP) is 0.208. The summed E-state index contributed by atoms with van der Waals surface area (Å²) in [5.41, 5.74) is 0. The Hall–Kier alpha value is -1.01. The van der Waals surface area contributed by atoms with Crippen LogP contribution in [-0.4, -0.2) is 39.5 Å². The molecule has 6 heteroatoms. The first-order chi connectivity index (χ1) is 7.81. The van der Waals surface area contributed by atoms with Gasteiger partial charge in [-0.1, -0.05) is 6.92 Å². The van der Waals surface area contributed by atoms with Crippen molar-refractivity contribution in [1.82, 2.24) is 25.5 Å². The molecule has 1 aromatic rings. The van der Waals surface area contributed by atoms with Crippen molar-refractivity contribution in [3.63, 3.8) is 0 Å². The van der Waals surface area contributed by atoms with Gasteiger partial charge in [0.25, 0.3) is 0 Å². The maximum absolute atomic E-state index is 5.54. The molecule has 1 aliphatic rings. The lowest BCUT2D eigenvalue weighted by Gasteiger charge is -2.14. The smallest absolute Gasteiger partial charge is 0.165 e. The third kappa shape index (κ3) is 2.56. The lowest BCUT2D eigenvalue weighted by atomic mass is 10.0. The number of nitrogens with one attached hydrogen (secondary N) is 1. The molecular weight excluding hydrogens is 206 g/mol. The van der Waals surface area contributed by atoms with Gasteiger partial charge in [-0.2, -0.15) is 0 Å². The van der Waals surface area contributed by atoms with Crippen LogP contribution in [0.2, 0.25) is 0 Å². The zero-order valence-electron chi connectivity index (χ0n) is 9.89. The summed E-state index contributed by atoms with van der Waals surface area (Å²) in [5, 5.41) is 15.0. The summed E-state index contributed by atoms with van der Waals surface area (Å²) in [6.45, 7) is 7.56. The van der Waals surface area contributed by atoms with E-state index in [1.54, 1.807) is 0 Å². The number of tetrazole rings is 1. The van der Waals surface area contributed by atoms with Crippen molar-refractivity contribution < 1.29 is 4.74 Å². The summed E-state index contributed by atoms with van der Waals surface area (Å²) in [7, 11) is 0. The average molecular weight is 225 g/mol. The lowest BCUT2D eigenvalue weighted by molar-refractivity contribution is 0.100. The van der Waals surface area contributed by atoms with Crippen molar-refractivity contribution >= 4 is 0 Å². The summed E-state index contributed by atoms with van der Waals surface area (Å²) < 4.78 is 7.43. The molecule has 1 aliphatic heterocycles. The molecule has 90 valence electrons. The molecule has 16 heavy (non-hydrogen) atoms. The Morgan fingerprint density at radius 3 is 3.12 bits per heavy atom. The Bertz CT molecular complexity index is 327. The van der Waals surface area contributed by atoms with Crippen molar-refractivity contribution in [2.75, 3.05) is 13.2 Å². The van der Waals surface area contributed by atoms with Gasteiger partial charge in [0.05, 0.1) is 19.2 Å². The van der Waals surface area contributed by atoms with Crippen LogP contribution in [0.25, 0.3) is 0 Å². The van der Waals surface area contributed by atoms with Crippen molar-refractivity contribution in [2.45, 2.75) is 39.5 Å². The van der Waals surface area contributed by atoms with Crippen LogP contribution in [0, 0.1) is 5.92 Å². The molecule has 6 nitrogen and oxygen atoms in total. The van der Waals surface area contributed by atoms with Gasteiger partial charge in [-0.3, -0.25) is 0 Å². The van der Waals surface area contributed by atoms with Crippen LogP contribution in [0.1, 0.15) is 26.1 Å². The van der Waals surface area contributed by atoms with Crippen molar-refractivity contribution in [1.29, 1.82) is 0 Å². The minimum atomic E-state index is 0.316. The van der Waals surface area contributed by atoms with Crippen LogP contribution < -0.4 is 5.32 Å². The van der Waals surface area contributed by atoms with E-state index in [1.807, 2.05) is 4.68 Å². The van der Waals surface area contributed by atoms with Crippen LogP contribution in [-0.2, 0) is 17.8 Å². The van der Waals surface area contributed by atoms with Crippen LogP contribution in [0.4, 0.5) is 0 Å². The van der Waals surface area contributed by atoms with E-state index in [-0.39, 0.29) is 0 Å². The molecule has 0 radical (unpaired) electrons. The van der Waals surface area contributed by atoms with Gasteiger partial charge >= 0.3 is 0 Å². The summed E-state index contributed by atoms with van der Waals surface area (Å²) in [4.78, 5) is 0. The Morgan fingerprint density at radius 1 is 1.56 bits per heavy atom. The van der Waals surface area contributed by atoms with Crippen LogP contribution >= 0.6 is 0 Å². The van der Waals surface area contributed by atoms with Crippen molar-refractivity contribution in [2.24, 2.45) is 5.92 Å². The first-order valence-electron chi connectivity index (χ1n) is 5.88. The van der Waals surface area contributed by atoms with Gasteiger partial charge in [0.15, 0.2) is 5.82 Å². The lowest BCUT2D eigenvalue weighted by Crippen LogP contribution is -2.22. The molecule has 2 atom stereocenters. The number of rotatable bonds is 5. The topological polar surface area (TPSA) is 64.9 Å². The highest BCUT2D eigenvalue weighted by Crippen LogP contribution is 2.21. The zero-order chi connectivity index (χ0) is 11.4. The van der Waals surface area contributed by atoms with E-state index < -0.39 is 0 Å². The van der Waals surface area contributed by atoms with Gasteiger partial charge in [0.1, 0.15) is 0 Å². The molecule has 2 rings (SSSR count). The SMILES string of the molecule is CCNCc1nnnn1CC1CCOC1C. The highest BCUT2D eigenvalue weighted by atomic mass is 16.5. The number of nitrogens with zero attached hydrogens (tertiary/aromatic N) is 4. The molecule has 0 amide bonds. The molecule has 1 aromatic heterocycles. The fraction of sp³-hybridized carbons (Fsp3) is 0.900. The number of ether oxygens (including phenoxy) is 1. The van der Waals surface area contributed by atoms with Gasteiger partial charge in [0, 0.05) is 12.5 Å². The Labute approximate surface area is 95.4 Å². The molecule has 0 aliphatic carbocycles. The van der Waals surface area contributed by atoms with E-state index in [9.17, 15) is 0 Å². The van der Waals surface area contributed by atoms with E-state index in [1.165, 1.54) is 0 Å². The second-order valence-electron chi connectivity index (χ2n) is 4.18. The van der Waals surface area contributed by atoms with Gasteiger partial charge < -0.3 is 10.1 Å². The fourth-order valence-electron chi connectivity index (χ4n) is 1.97. The number of hydrogen-bond acceptors (Lipinski definition) is 5. The molecule has 1 saturated heterocycles. The second-order valence-corrected chi connectivity index (χ2v) is 4.18. The molecule has 2 unspecified atom stereocenters. The minimum absolute atomic E-state index is 0.316. The molecule has 0 spiro atoms. The van der Waals surface area contributed by atoms with Gasteiger partial charge in [-0.15, -0.1) is 5.10 Å². The van der Waals surface area contributed by atoms with E-state index in [2.05, 4.69) is 34.7 Å². The largest absolute Gasteiger partial charge is 0.378 e. The monoisotopic (exact) mass is 225 g/mol. The predicted molar refractivity (Wildman–Crippen MR) is 58.7 cm³/mol. The quantitative estimate of drug-likeness (QED) is 0.776. The maximum Gasteiger partial charge on any atom is 0.165 e. The fourth-order valence-corrected chi connectivity index (χ4v) is 1.97. The molecule has 1 fully saturated rings. The third-order valence-corrected chi connectivity index (χ3v) is 3.08. The summed E-state index contributed by atoms with van der Waals surface area (Å²) in [5.74, 6) is 1.44. The molecule has 1 N–H and O–H groups in total. The maximum atomic E-state index is 5.54. The Kier molecular flexibility index (Phi) is 3.84. The third-order valence-electron chi connectivity index (χ3n) is 3.08. The first-order valence-corrected chi connectivity index (χ1v) is 5.88. The molecule has 0 aromatic carbocycles. The van der Waals surface area contributed by atoms with Gasteiger partial charge in [-0.25, -0.2) is 4.68 Å². The first kappa shape index (κ1) is 11.5. The molecule has 0 saturated carbocycles. The van der Waals surface area contributed by atoms with Gasteiger partial charge in [0.2, 0.25) is 0 Å². The number of aromatic nitrogens is 4. The summed E-state index contributed by atoms with van der Waals surface area (Å²) in [6, 6.07) is 0. The van der Waals surface area contributed by atoms with E-state index in [4.69, 9.17) is 4.74 Å². The second kappa shape index (κ2) is 5.36. The van der Waals surface area contributed by atoms with E-state index in [0.29, 0.717) is 12.0 Å². The van der Waals surface area contributed by atoms with Crippen molar-refractivity contribution in [3.8, 4) is 0 Å². The van der Waals surface area contributed by atoms with Crippen LogP contribution in [0.15, 0.2) is 0 Å². The highest BCUT2D eigenvalue weighted by molar-refractivity contribution is 4.82. The van der Waals surface area contributed by atoms with Crippen molar-refractivity contribution in [3.05, 3.63) is 5.82 Å². The highest BCUT2D eigenvalue weighted by Gasteiger charge is 2.25. The molecule has 2 heterocycles. The summed E-state index contributed by atoms with van der Waals surface area (Å²) in [6.07, 6.45) is 1.41. The summed E-state index contributed by atoms with van der Waals surface area (Å²) >= 11 is 0. The van der Waals surface area contributed by atoms with E-state index >= 15 is 0 Å². The van der Waals surface area contributed by atoms with Crippen LogP contribution in [0.3, 0.4) is 0 Å². The molecule has 0 bridgehead atoms. The standard InChI is InChI=1S/C10H19N5O/c1-3-11-6-10-12-13-14-15(10)7-9-4-5-16-8(9)2/h8-9,11H,3-7H2,1-2H3. The molecular formula is C10H19N5O. The van der Waals surface area contributed by atoms with Crippen LogP contribution in [0.5, 0.6) is 0 Å².